The third kappa shape index (κ3) is 4.28. The number of carbonyl (C=O) groups is 2. The fourth-order valence-corrected chi connectivity index (χ4v) is 4.84. The number of para-hydroxylation sites is 1. The van der Waals surface area contributed by atoms with Crippen molar-refractivity contribution in [2.24, 2.45) is 0 Å². The van der Waals surface area contributed by atoms with Gasteiger partial charge in [0.15, 0.2) is 0 Å². The molecule has 1 aliphatic rings. The summed E-state index contributed by atoms with van der Waals surface area (Å²) in [5, 5.41) is 6.89. The molecule has 2 N–H and O–H groups in total. The molecule has 0 saturated carbocycles. The van der Waals surface area contributed by atoms with Crippen LogP contribution in [0.5, 0.6) is 5.75 Å². The zero-order chi connectivity index (χ0) is 21.1. The van der Waals surface area contributed by atoms with E-state index in [4.69, 9.17) is 21.1 Å². The van der Waals surface area contributed by atoms with Crippen molar-refractivity contribution in [3.8, 4) is 5.75 Å². The second kappa shape index (κ2) is 9.04. The van der Waals surface area contributed by atoms with Gasteiger partial charge in [0.1, 0.15) is 10.6 Å². The zero-order valence-corrected chi connectivity index (χ0v) is 17.9. The smallest absolute Gasteiger partial charge is 0.267 e. The maximum atomic E-state index is 12.9. The molecule has 0 bridgehead atoms. The predicted octanol–water partition coefficient (Wildman–Crippen LogP) is 4.72. The number of fused-ring (bicyclic) bond motifs is 1. The van der Waals surface area contributed by atoms with Gasteiger partial charge in [-0.1, -0.05) is 23.7 Å². The number of hydrogen-bond donors (Lipinski definition) is 2. The Labute approximate surface area is 183 Å². The second-order valence-electron chi connectivity index (χ2n) is 6.95. The minimum absolute atomic E-state index is 0.0463. The van der Waals surface area contributed by atoms with E-state index in [1.54, 1.807) is 37.4 Å². The summed E-state index contributed by atoms with van der Waals surface area (Å²) in [6.45, 7) is 1.18. The summed E-state index contributed by atoms with van der Waals surface area (Å²) in [7, 11) is 1.59. The highest BCUT2D eigenvalue weighted by atomic mass is 35.5. The van der Waals surface area contributed by atoms with E-state index in [2.05, 4.69) is 10.6 Å². The van der Waals surface area contributed by atoms with Crippen LogP contribution >= 0.6 is 22.9 Å². The molecule has 1 saturated heterocycles. The predicted molar refractivity (Wildman–Crippen MR) is 119 cm³/mol. The Balaban J connectivity index is 1.53. The SMILES string of the molecule is COc1ccc2c(Cl)c(C(=O)Nc3ccccc3C(=O)NCC3CCCO3)sc2c1. The molecule has 8 heteroatoms. The molecular weight excluding hydrogens is 424 g/mol. The van der Waals surface area contributed by atoms with Gasteiger partial charge in [0.2, 0.25) is 0 Å². The van der Waals surface area contributed by atoms with Gasteiger partial charge >= 0.3 is 0 Å². The summed E-state index contributed by atoms with van der Waals surface area (Å²) in [4.78, 5) is 26.0. The molecule has 1 unspecified atom stereocenters. The number of benzene rings is 2. The third-order valence-corrected chi connectivity index (χ3v) is 6.63. The number of rotatable bonds is 6. The highest BCUT2D eigenvalue weighted by molar-refractivity contribution is 7.21. The first-order chi connectivity index (χ1) is 14.6. The maximum Gasteiger partial charge on any atom is 0.267 e. The lowest BCUT2D eigenvalue weighted by molar-refractivity contribution is 0.0858. The van der Waals surface area contributed by atoms with Gasteiger partial charge in [-0.25, -0.2) is 0 Å². The first-order valence-electron chi connectivity index (χ1n) is 9.63. The van der Waals surface area contributed by atoms with Crippen LogP contribution in [0.3, 0.4) is 0 Å². The molecule has 2 heterocycles. The molecule has 1 atom stereocenters. The molecule has 30 heavy (non-hydrogen) atoms. The molecule has 156 valence electrons. The molecule has 1 aromatic heterocycles. The minimum Gasteiger partial charge on any atom is -0.497 e. The number of anilines is 1. The van der Waals surface area contributed by atoms with Gasteiger partial charge in [0.25, 0.3) is 11.8 Å². The molecule has 0 radical (unpaired) electrons. The summed E-state index contributed by atoms with van der Waals surface area (Å²) in [5.41, 5.74) is 0.821. The number of carbonyl (C=O) groups excluding carboxylic acids is 2. The van der Waals surface area contributed by atoms with E-state index in [9.17, 15) is 9.59 Å². The average Bonchev–Trinajstić information content (AvgIpc) is 3.40. The van der Waals surface area contributed by atoms with Crippen molar-refractivity contribution >= 4 is 50.5 Å². The quantitative estimate of drug-likeness (QED) is 0.576. The first-order valence-corrected chi connectivity index (χ1v) is 10.8. The van der Waals surface area contributed by atoms with Crippen molar-refractivity contribution in [2.45, 2.75) is 18.9 Å². The van der Waals surface area contributed by atoms with Crippen molar-refractivity contribution in [3.05, 3.63) is 57.9 Å². The Bertz CT molecular complexity index is 1090. The summed E-state index contributed by atoms with van der Waals surface area (Å²) >= 11 is 7.74. The molecular formula is C22H21ClN2O4S. The van der Waals surface area contributed by atoms with Crippen LogP contribution in [0.1, 0.15) is 32.9 Å². The molecule has 0 spiro atoms. The van der Waals surface area contributed by atoms with Crippen LogP contribution in [-0.4, -0.2) is 38.2 Å². The summed E-state index contributed by atoms with van der Waals surface area (Å²) in [6.07, 6.45) is 1.99. The topological polar surface area (TPSA) is 76.7 Å². The van der Waals surface area contributed by atoms with Crippen molar-refractivity contribution in [1.82, 2.24) is 5.32 Å². The lowest BCUT2D eigenvalue weighted by atomic mass is 10.1. The zero-order valence-electron chi connectivity index (χ0n) is 16.4. The number of halogens is 1. The van der Waals surface area contributed by atoms with E-state index >= 15 is 0 Å². The molecule has 2 aromatic carbocycles. The van der Waals surface area contributed by atoms with Crippen LogP contribution in [0.25, 0.3) is 10.1 Å². The number of thiophene rings is 1. The lowest BCUT2D eigenvalue weighted by Crippen LogP contribution is -2.32. The monoisotopic (exact) mass is 444 g/mol. The highest BCUT2D eigenvalue weighted by Crippen LogP contribution is 2.37. The summed E-state index contributed by atoms with van der Waals surface area (Å²) in [5.74, 6) is 0.0775. The normalized spacial score (nSPS) is 15.9. The van der Waals surface area contributed by atoms with Crippen LogP contribution < -0.4 is 15.4 Å². The van der Waals surface area contributed by atoms with Gasteiger partial charge in [-0.3, -0.25) is 9.59 Å². The maximum absolute atomic E-state index is 12.9. The number of nitrogens with one attached hydrogen (secondary N) is 2. The Morgan fingerprint density at radius 3 is 2.83 bits per heavy atom. The van der Waals surface area contributed by atoms with E-state index in [1.165, 1.54) is 11.3 Å². The highest BCUT2D eigenvalue weighted by Gasteiger charge is 2.21. The Morgan fingerprint density at radius 2 is 2.07 bits per heavy atom. The van der Waals surface area contributed by atoms with Gasteiger partial charge in [-0.2, -0.15) is 0 Å². The Kier molecular flexibility index (Phi) is 6.22. The standard InChI is InChI=1S/C22H21ClN2O4S/c1-28-13-8-9-16-18(11-13)30-20(19(16)23)22(27)25-17-7-3-2-6-15(17)21(26)24-12-14-5-4-10-29-14/h2-3,6-9,11,14H,4-5,10,12H2,1H3,(H,24,26)(H,25,27). The molecule has 4 rings (SSSR count). The lowest BCUT2D eigenvalue weighted by Gasteiger charge is -2.13. The van der Waals surface area contributed by atoms with Gasteiger partial charge in [-0.05, 0) is 43.2 Å². The number of hydrogen-bond acceptors (Lipinski definition) is 5. The molecule has 2 amide bonds. The Morgan fingerprint density at radius 1 is 1.23 bits per heavy atom. The van der Waals surface area contributed by atoms with Crippen molar-refractivity contribution < 1.29 is 19.1 Å². The second-order valence-corrected chi connectivity index (χ2v) is 8.38. The van der Waals surface area contributed by atoms with Gasteiger partial charge in [0.05, 0.1) is 29.5 Å². The molecule has 6 nitrogen and oxygen atoms in total. The van der Waals surface area contributed by atoms with Crippen LogP contribution in [0.2, 0.25) is 5.02 Å². The van der Waals surface area contributed by atoms with E-state index in [0.29, 0.717) is 33.4 Å². The van der Waals surface area contributed by atoms with Gasteiger partial charge in [-0.15, -0.1) is 11.3 Å². The minimum atomic E-state index is -0.362. The third-order valence-electron chi connectivity index (χ3n) is 4.98. The van der Waals surface area contributed by atoms with Crippen molar-refractivity contribution in [3.63, 3.8) is 0 Å². The average molecular weight is 445 g/mol. The first kappa shape index (κ1) is 20.7. The van der Waals surface area contributed by atoms with Crippen molar-refractivity contribution in [2.75, 3.05) is 25.6 Å². The molecule has 1 fully saturated rings. The van der Waals surface area contributed by atoms with E-state index < -0.39 is 0 Å². The molecule has 3 aromatic rings. The van der Waals surface area contributed by atoms with Crippen LogP contribution in [-0.2, 0) is 4.74 Å². The van der Waals surface area contributed by atoms with Crippen molar-refractivity contribution in [1.29, 1.82) is 0 Å². The summed E-state index contributed by atoms with van der Waals surface area (Å²) < 4.78 is 11.6. The number of amides is 2. The van der Waals surface area contributed by atoms with E-state index in [0.717, 1.165) is 29.5 Å². The van der Waals surface area contributed by atoms with Gasteiger partial charge < -0.3 is 20.1 Å². The fraction of sp³-hybridized carbons (Fsp3) is 0.273. The largest absolute Gasteiger partial charge is 0.497 e. The fourth-order valence-electron chi connectivity index (χ4n) is 3.39. The van der Waals surface area contributed by atoms with E-state index in [1.807, 2.05) is 12.1 Å². The van der Waals surface area contributed by atoms with Crippen LogP contribution in [0, 0.1) is 0 Å². The molecule has 1 aliphatic heterocycles. The van der Waals surface area contributed by atoms with Gasteiger partial charge in [0, 0.05) is 23.2 Å². The number of ether oxygens (including phenoxy) is 2. The van der Waals surface area contributed by atoms with Crippen LogP contribution in [0.15, 0.2) is 42.5 Å². The van der Waals surface area contributed by atoms with E-state index in [-0.39, 0.29) is 17.9 Å². The Hall–Kier alpha value is -2.61. The number of methoxy groups -OCH3 is 1. The summed E-state index contributed by atoms with van der Waals surface area (Å²) in [6, 6.07) is 12.4. The molecule has 0 aliphatic carbocycles. The van der Waals surface area contributed by atoms with Crippen LogP contribution in [0.4, 0.5) is 5.69 Å².